The molecule has 0 aromatic heterocycles. The largest absolute Gasteiger partial charge is 0.481 e. The highest BCUT2D eigenvalue weighted by molar-refractivity contribution is 7.99. The molecule has 0 aliphatic heterocycles. The van der Waals surface area contributed by atoms with Crippen LogP contribution in [0.5, 0.6) is 0 Å². The van der Waals surface area contributed by atoms with Crippen LogP contribution in [0.3, 0.4) is 0 Å². The molecule has 2 N–H and O–H groups in total. The Morgan fingerprint density at radius 1 is 0.935 bits per heavy atom. The Kier molecular flexibility index (Phi) is 7.90. The Bertz CT molecular complexity index is 1090. The first kappa shape index (κ1) is 23.1. The van der Waals surface area contributed by atoms with Gasteiger partial charge in [0.2, 0.25) is 10.0 Å². The second-order valence-corrected chi connectivity index (χ2v) is 10.1. The summed E-state index contributed by atoms with van der Waals surface area (Å²) in [6, 6.07) is 24.5. The Morgan fingerprint density at radius 2 is 1.52 bits per heavy atom. The van der Waals surface area contributed by atoms with Gasteiger partial charge in [-0.3, -0.25) is 4.79 Å². The van der Waals surface area contributed by atoms with Crippen LogP contribution in [-0.4, -0.2) is 31.3 Å². The Morgan fingerprint density at radius 3 is 2.10 bits per heavy atom. The zero-order valence-electron chi connectivity index (χ0n) is 17.1. The minimum atomic E-state index is -3.88. The highest BCUT2D eigenvalue weighted by Gasteiger charge is 2.32. The SMILES string of the molecule is Cc1ccc(S(=O)(=O)N[C@H](CSc2ccccc2)C(Cc2ccccc2)C(=O)O)cc1. The van der Waals surface area contributed by atoms with Crippen LogP contribution in [0.2, 0.25) is 0 Å². The van der Waals surface area contributed by atoms with Gasteiger partial charge < -0.3 is 5.11 Å². The number of nitrogens with one attached hydrogen (secondary N) is 1. The van der Waals surface area contributed by atoms with E-state index in [1.165, 1.54) is 23.9 Å². The lowest BCUT2D eigenvalue weighted by atomic mass is 9.93. The van der Waals surface area contributed by atoms with Crippen molar-refractivity contribution in [2.24, 2.45) is 5.92 Å². The molecule has 0 bridgehead atoms. The lowest BCUT2D eigenvalue weighted by Gasteiger charge is -2.25. The van der Waals surface area contributed by atoms with E-state index < -0.39 is 28.0 Å². The van der Waals surface area contributed by atoms with Crippen LogP contribution in [-0.2, 0) is 21.2 Å². The number of aryl methyl sites for hydroxylation is 1. The number of thioether (sulfide) groups is 1. The quantitative estimate of drug-likeness (QED) is 0.443. The summed E-state index contributed by atoms with van der Waals surface area (Å²) < 4.78 is 28.7. The van der Waals surface area contributed by atoms with E-state index in [0.717, 1.165) is 16.0 Å². The van der Waals surface area contributed by atoms with Gasteiger partial charge in [-0.25, -0.2) is 13.1 Å². The van der Waals surface area contributed by atoms with Crippen molar-refractivity contribution in [3.8, 4) is 0 Å². The van der Waals surface area contributed by atoms with Gasteiger partial charge in [0.15, 0.2) is 0 Å². The van der Waals surface area contributed by atoms with E-state index in [0.29, 0.717) is 5.75 Å². The standard InChI is InChI=1S/C24H25NO4S2/c1-18-12-14-21(15-13-18)31(28,29)25-23(17-30-20-10-6-3-7-11-20)22(24(26)27)16-19-8-4-2-5-9-19/h2-15,22-23,25H,16-17H2,1H3,(H,26,27)/t22?,23-/m1/s1. The molecule has 5 nitrogen and oxygen atoms in total. The van der Waals surface area contributed by atoms with Gasteiger partial charge in [0.05, 0.1) is 10.8 Å². The molecule has 3 aromatic rings. The number of hydrogen-bond acceptors (Lipinski definition) is 4. The van der Waals surface area contributed by atoms with Crippen LogP contribution in [0.15, 0.2) is 94.7 Å². The molecular weight excluding hydrogens is 430 g/mol. The predicted octanol–water partition coefficient (Wildman–Crippen LogP) is 4.38. The summed E-state index contributed by atoms with van der Waals surface area (Å²) in [5.74, 6) is -1.66. The first-order valence-corrected chi connectivity index (χ1v) is 12.4. The molecule has 3 rings (SSSR count). The molecule has 0 heterocycles. The average molecular weight is 456 g/mol. The number of rotatable bonds is 10. The summed E-state index contributed by atoms with van der Waals surface area (Å²) in [5.41, 5.74) is 1.79. The molecule has 7 heteroatoms. The number of aliphatic carboxylic acids is 1. The first-order chi connectivity index (χ1) is 14.8. The number of sulfonamides is 1. The molecule has 31 heavy (non-hydrogen) atoms. The van der Waals surface area contributed by atoms with Crippen molar-refractivity contribution < 1.29 is 18.3 Å². The maximum Gasteiger partial charge on any atom is 0.308 e. The van der Waals surface area contributed by atoms with Gasteiger partial charge in [0.1, 0.15) is 0 Å². The molecule has 3 aromatic carbocycles. The van der Waals surface area contributed by atoms with E-state index in [2.05, 4.69) is 4.72 Å². The Hall–Kier alpha value is -2.61. The molecule has 0 saturated heterocycles. The highest BCUT2D eigenvalue weighted by atomic mass is 32.2. The molecule has 0 radical (unpaired) electrons. The first-order valence-electron chi connectivity index (χ1n) is 9.89. The molecule has 0 amide bonds. The maximum absolute atomic E-state index is 13.0. The summed E-state index contributed by atoms with van der Waals surface area (Å²) in [6.45, 7) is 1.88. The third-order valence-corrected chi connectivity index (χ3v) is 7.55. The third-order valence-electron chi connectivity index (χ3n) is 4.91. The number of carbonyl (C=O) groups is 1. The normalized spacial score (nSPS) is 13.5. The van der Waals surface area contributed by atoms with E-state index in [1.54, 1.807) is 12.1 Å². The zero-order valence-corrected chi connectivity index (χ0v) is 18.8. The monoisotopic (exact) mass is 455 g/mol. The van der Waals surface area contributed by atoms with E-state index in [1.807, 2.05) is 67.6 Å². The summed E-state index contributed by atoms with van der Waals surface area (Å²) in [6.07, 6.45) is 0.229. The van der Waals surface area contributed by atoms with Crippen molar-refractivity contribution in [3.63, 3.8) is 0 Å². The van der Waals surface area contributed by atoms with Gasteiger partial charge in [-0.2, -0.15) is 0 Å². The van der Waals surface area contributed by atoms with Gasteiger partial charge in [-0.1, -0.05) is 66.2 Å². The van der Waals surface area contributed by atoms with Crippen molar-refractivity contribution in [2.45, 2.75) is 29.2 Å². The molecule has 162 valence electrons. The summed E-state index contributed by atoms with van der Waals surface area (Å²) in [7, 11) is -3.88. The van der Waals surface area contributed by atoms with Crippen LogP contribution in [0.1, 0.15) is 11.1 Å². The van der Waals surface area contributed by atoms with Gasteiger partial charge in [-0.05, 0) is 43.2 Å². The Balaban J connectivity index is 1.88. The average Bonchev–Trinajstić information content (AvgIpc) is 2.76. The highest BCUT2D eigenvalue weighted by Crippen LogP contribution is 2.24. The molecule has 0 saturated carbocycles. The number of carboxylic acids is 1. The van der Waals surface area contributed by atoms with Crippen LogP contribution in [0.25, 0.3) is 0 Å². The van der Waals surface area contributed by atoms with Gasteiger partial charge in [-0.15, -0.1) is 11.8 Å². The molecule has 0 spiro atoms. The molecule has 2 atom stereocenters. The smallest absolute Gasteiger partial charge is 0.308 e. The summed E-state index contributed by atoms with van der Waals surface area (Å²) in [5, 5.41) is 9.96. The second kappa shape index (κ2) is 10.6. The predicted molar refractivity (Wildman–Crippen MR) is 124 cm³/mol. The minimum Gasteiger partial charge on any atom is -0.481 e. The van der Waals surface area contributed by atoms with Crippen molar-refractivity contribution in [1.29, 1.82) is 0 Å². The van der Waals surface area contributed by atoms with Crippen molar-refractivity contribution in [1.82, 2.24) is 4.72 Å². The summed E-state index contributed by atoms with van der Waals surface area (Å²) >= 11 is 1.43. The van der Waals surface area contributed by atoms with E-state index in [9.17, 15) is 18.3 Å². The number of carboxylic acid groups (broad SMARTS) is 1. The maximum atomic E-state index is 13.0. The molecule has 0 aliphatic rings. The topological polar surface area (TPSA) is 83.5 Å². The lowest BCUT2D eigenvalue weighted by Crippen LogP contribution is -2.46. The van der Waals surface area contributed by atoms with Crippen molar-refractivity contribution in [2.75, 3.05) is 5.75 Å². The fraction of sp³-hybridized carbons (Fsp3) is 0.208. The van der Waals surface area contributed by atoms with Gasteiger partial charge >= 0.3 is 5.97 Å². The molecular formula is C24H25NO4S2. The van der Waals surface area contributed by atoms with E-state index >= 15 is 0 Å². The Labute approximate surface area is 187 Å². The lowest BCUT2D eigenvalue weighted by molar-refractivity contribution is -0.142. The fourth-order valence-electron chi connectivity index (χ4n) is 3.19. The molecule has 0 fully saturated rings. The van der Waals surface area contributed by atoms with Crippen molar-refractivity contribution >= 4 is 27.8 Å². The van der Waals surface area contributed by atoms with Crippen LogP contribution in [0.4, 0.5) is 0 Å². The second-order valence-electron chi connectivity index (χ2n) is 7.30. The molecule has 0 aliphatic carbocycles. The van der Waals surface area contributed by atoms with E-state index in [-0.39, 0.29) is 11.3 Å². The van der Waals surface area contributed by atoms with Crippen LogP contribution >= 0.6 is 11.8 Å². The van der Waals surface area contributed by atoms with Crippen LogP contribution < -0.4 is 4.72 Å². The molecule has 1 unspecified atom stereocenters. The van der Waals surface area contributed by atoms with Gasteiger partial charge in [0, 0.05) is 16.7 Å². The minimum absolute atomic E-state index is 0.122. The van der Waals surface area contributed by atoms with E-state index in [4.69, 9.17) is 0 Å². The van der Waals surface area contributed by atoms with Gasteiger partial charge in [0.25, 0.3) is 0 Å². The van der Waals surface area contributed by atoms with Crippen molar-refractivity contribution in [3.05, 3.63) is 96.1 Å². The number of hydrogen-bond donors (Lipinski definition) is 2. The summed E-state index contributed by atoms with van der Waals surface area (Å²) in [4.78, 5) is 13.3. The van der Waals surface area contributed by atoms with Crippen LogP contribution in [0, 0.1) is 12.8 Å². The fourth-order valence-corrected chi connectivity index (χ4v) is 5.61. The zero-order chi connectivity index (χ0) is 22.3. The third kappa shape index (κ3) is 6.69. The number of benzene rings is 3.